The fourth-order valence-corrected chi connectivity index (χ4v) is 2.96. The van der Waals surface area contributed by atoms with Gasteiger partial charge in [0.1, 0.15) is 5.76 Å². The summed E-state index contributed by atoms with van der Waals surface area (Å²) in [7, 11) is 1.68. The predicted molar refractivity (Wildman–Crippen MR) is 102 cm³/mol. The van der Waals surface area contributed by atoms with Gasteiger partial charge in [0.25, 0.3) is 0 Å². The molecular formula is C19H32N4O3. The number of nitrogens with one attached hydrogen (secondary N) is 2. The number of hydrogen-bond donors (Lipinski definition) is 2. The average Bonchev–Trinajstić information content (AvgIpc) is 3.15. The van der Waals surface area contributed by atoms with Gasteiger partial charge in [-0.2, -0.15) is 0 Å². The number of piperidine rings is 1. The monoisotopic (exact) mass is 364 g/mol. The molecule has 1 aromatic rings. The van der Waals surface area contributed by atoms with E-state index >= 15 is 0 Å². The van der Waals surface area contributed by atoms with Crippen LogP contribution in [0.3, 0.4) is 0 Å². The maximum Gasteiger partial charge on any atom is 0.225 e. The van der Waals surface area contributed by atoms with Crippen molar-refractivity contribution in [2.24, 2.45) is 10.9 Å². The molecule has 1 saturated heterocycles. The quantitative estimate of drug-likeness (QED) is 0.417. The number of guanidine groups is 1. The number of carbonyl (C=O) groups is 1. The molecule has 0 saturated carbocycles. The van der Waals surface area contributed by atoms with Gasteiger partial charge in [0.05, 0.1) is 19.4 Å². The minimum absolute atomic E-state index is 0.0638. The van der Waals surface area contributed by atoms with Crippen LogP contribution in [0.1, 0.15) is 32.4 Å². The van der Waals surface area contributed by atoms with Crippen molar-refractivity contribution in [1.29, 1.82) is 0 Å². The molecule has 2 heterocycles. The Morgan fingerprint density at radius 1 is 1.42 bits per heavy atom. The van der Waals surface area contributed by atoms with Gasteiger partial charge in [0.2, 0.25) is 5.91 Å². The van der Waals surface area contributed by atoms with E-state index < -0.39 is 0 Å². The van der Waals surface area contributed by atoms with Crippen LogP contribution in [0.5, 0.6) is 0 Å². The number of furan rings is 1. The van der Waals surface area contributed by atoms with Gasteiger partial charge in [-0.3, -0.25) is 9.79 Å². The van der Waals surface area contributed by atoms with E-state index in [1.165, 1.54) is 0 Å². The van der Waals surface area contributed by atoms with E-state index in [1.807, 2.05) is 30.9 Å². The molecule has 1 aromatic heterocycles. The van der Waals surface area contributed by atoms with Crippen LogP contribution in [0.25, 0.3) is 0 Å². The highest BCUT2D eigenvalue weighted by Crippen LogP contribution is 2.13. The van der Waals surface area contributed by atoms with Gasteiger partial charge < -0.3 is 24.7 Å². The molecule has 0 spiro atoms. The van der Waals surface area contributed by atoms with Crippen LogP contribution < -0.4 is 10.6 Å². The van der Waals surface area contributed by atoms with E-state index in [9.17, 15) is 4.79 Å². The van der Waals surface area contributed by atoms with Crippen molar-refractivity contribution < 1.29 is 13.9 Å². The SMILES string of the molecule is COCCN=C(NCCc1ccco1)NC1CCN(C(=O)C(C)C)CC1. The largest absolute Gasteiger partial charge is 0.469 e. The Morgan fingerprint density at radius 2 is 2.19 bits per heavy atom. The Bertz CT molecular complexity index is 549. The summed E-state index contributed by atoms with van der Waals surface area (Å²) in [5, 5.41) is 6.86. The van der Waals surface area contributed by atoms with Crippen LogP contribution in [0.4, 0.5) is 0 Å². The van der Waals surface area contributed by atoms with Crippen LogP contribution in [0.15, 0.2) is 27.8 Å². The summed E-state index contributed by atoms with van der Waals surface area (Å²) >= 11 is 0. The normalized spacial score (nSPS) is 16.2. The smallest absolute Gasteiger partial charge is 0.225 e. The number of hydrogen-bond acceptors (Lipinski definition) is 4. The van der Waals surface area contributed by atoms with E-state index in [0.29, 0.717) is 19.2 Å². The van der Waals surface area contributed by atoms with E-state index in [4.69, 9.17) is 9.15 Å². The molecule has 2 N–H and O–H groups in total. The van der Waals surface area contributed by atoms with Gasteiger partial charge in [0, 0.05) is 45.1 Å². The minimum atomic E-state index is 0.0638. The first-order valence-corrected chi connectivity index (χ1v) is 9.45. The molecule has 0 aromatic carbocycles. The molecule has 0 atom stereocenters. The zero-order valence-electron chi connectivity index (χ0n) is 16.2. The molecular weight excluding hydrogens is 332 g/mol. The van der Waals surface area contributed by atoms with Gasteiger partial charge in [-0.15, -0.1) is 0 Å². The third kappa shape index (κ3) is 6.71. The van der Waals surface area contributed by atoms with Crippen molar-refractivity contribution in [3.05, 3.63) is 24.2 Å². The summed E-state index contributed by atoms with van der Waals surface area (Å²) in [5.74, 6) is 2.06. The topological polar surface area (TPSA) is 79.1 Å². The fraction of sp³-hybridized carbons (Fsp3) is 0.684. The summed E-state index contributed by atoms with van der Waals surface area (Å²) in [6.45, 7) is 7.45. The Labute approximate surface area is 156 Å². The van der Waals surface area contributed by atoms with Crippen LogP contribution in [-0.2, 0) is 16.0 Å². The first-order chi connectivity index (χ1) is 12.6. The lowest BCUT2D eigenvalue weighted by Crippen LogP contribution is -2.50. The number of amides is 1. The average molecular weight is 364 g/mol. The molecule has 1 fully saturated rings. The van der Waals surface area contributed by atoms with Crippen LogP contribution in [0, 0.1) is 5.92 Å². The molecule has 1 amide bonds. The van der Waals surface area contributed by atoms with Crippen molar-refractivity contribution in [2.75, 3.05) is 39.9 Å². The Kier molecular flexibility index (Phi) is 8.47. The Balaban J connectivity index is 1.80. The molecule has 7 nitrogen and oxygen atoms in total. The highest BCUT2D eigenvalue weighted by molar-refractivity contribution is 5.80. The zero-order valence-corrected chi connectivity index (χ0v) is 16.2. The van der Waals surface area contributed by atoms with E-state index in [1.54, 1.807) is 13.4 Å². The Morgan fingerprint density at radius 3 is 2.81 bits per heavy atom. The van der Waals surface area contributed by atoms with Crippen molar-refractivity contribution >= 4 is 11.9 Å². The molecule has 0 unspecified atom stereocenters. The van der Waals surface area contributed by atoms with Crippen LogP contribution >= 0.6 is 0 Å². The number of methoxy groups -OCH3 is 1. The summed E-state index contributed by atoms with van der Waals surface area (Å²) in [6, 6.07) is 4.19. The molecule has 7 heteroatoms. The summed E-state index contributed by atoms with van der Waals surface area (Å²) < 4.78 is 10.4. The maximum absolute atomic E-state index is 12.1. The molecule has 1 aliphatic heterocycles. The van der Waals surface area contributed by atoms with Gasteiger partial charge in [-0.05, 0) is 25.0 Å². The third-order valence-corrected chi connectivity index (χ3v) is 4.45. The van der Waals surface area contributed by atoms with Crippen molar-refractivity contribution in [3.63, 3.8) is 0 Å². The lowest BCUT2D eigenvalue weighted by molar-refractivity contribution is -0.135. The van der Waals surface area contributed by atoms with Crippen molar-refractivity contribution in [2.45, 2.75) is 39.2 Å². The molecule has 2 rings (SSSR count). The van der Waals surface area contributed by atoms with E-state index in [0.717, 1.165) is 50.6 Å². The first-order valence-electron chi connectivity index (χ1n) is 9.45. The van der Waals surface area contributed by atoms with Gasteiger partial charge in [-0.25, -0.2) is 0 Å². The number of nitrogens with zero attached hydrogens (tertiary/aromatic N) is 2. The van der Waals surface area contributed by atoms with Gasteiger partial charge >= 0.3 is 0 Å². The molecule has 0 aliphatic carbocycles. The van der Waals surface area contributed by atoms with Crippen molar-refractivity contribution in [3.8, 4) is 0 Å². The number of rotatable bonds is 8. The summed E-state index contributed by atoms with van der Waals surface area (Å²) in [4.78, 5) is 18.6. The zero-order chi connectivity index (χ0) is 18.8. The molecule has 26 heavy (non-hydrogen) atoms. The highest BCUT2D eigenvalue weighted by atomic mass is 16.5. The number of likely N-dealkylation sites (tertiary alicyclic amines) is 1. The standard InChI is InChI=1S/C19H32N4O3/c1-15(2)18(24)23-11-7-16(8-12-23)22-19(21-10-14-25-3)20-9-6-17-5-4-13-26-17/h4-5,13,15-16H,6-12,14H2,1-3H3,(H2,20,21,22). The molecule has 146 valence electrons. The minimum Gasteiger partial charge on any atom is -0.469 e. The van der Waals surface area contributed by atoms with E-state index in [-0.39, 0.29) is 11.8 Å². The summed E-state index contributed by atoms with van der Waals surface area (Å²) in [5.41, 5.74) is 0. The molecule has 1 aliphatic rings. The summed E-state index contributed by atoms with van der Waals surface area (Å²) in [6.07, 6.45) is 4.36. The number of aliphatic imine (C=N–C) groups is 1. The fourth-order valence-electron chi connectivity index (χ4n) is 2.96. The molecule has 0 bridgehead atoms. The lowest BCUT2D eigenvalue weighted by Gasteiger charge is -2.34. The van der Waals surface area contributed by atoms with Gasteiger partial charge in [-0.1, -0.05) is 13.8 Å². The number of ether oxygens (including phenoxy) is 1. The Hall–Kier alpha value is -2.02. The van der Waals surface area contributed by atoms with Crippen LogP contribution in [-0.4, -0.2) is 62.7 Å². The lowest BCUT2D eigenvalue weighted by atomic mass is 10.0. The van der Waals surface area contributed by atoms with Crippen LogP contribution in [0.2, 0.25) is 0 Å². The first kappa shape index (κ1) is 20.3. The predicted octanol–water partition coefficient (Wildman–Crippen LogP) is 1.65. The second kappa shape index (κ2) is 10.9. The number of carbonyl (C=O) groups excluding carboxylic acids is 1. The van der Waals surface area contributed by atoms with E-state index in [2.05, 4.69) is 15.6 Å². The van der Waals surface area contributed by atoms with Crippen molar-refractivity contribution in [1.82, 2.24) is 15.5 Å². The van der Waals surface area contributed by atoms with Gasteiger partial charge in [0.15, 0.2) is 5.96 Å². The second-order valence-electron chi connectivity index (χ2n) is 6.88. The highest BCUT2D eigenvalue weighted by Gasteiger charge is 2.24. The third-order valence-electron chi connectivity index (χ3n) is 4.45. The maximum atomic E-state index is 12.1. The second-order valence-corrected chi connectivity index (χ2v) is 6.88. The molecule has 0 radical (unpaired) electrons.